The van der Waals surface area contributed by atoms with Crippen molar-refractivity contribution < 1.29 is 0 Å². The van der Waals surface area contributed by atoms with E-state index in [-0.39, 0.29) is 6.04 Å². The highest BCUT2D eigenvalue weighted by Gasteiger charge is 2.13. The maximum atomic E-state index is 6.19. The zero-order chi connectivity index (χ0) is 14.1. The fourth-order valence-corrected chi connectivity index (χ4v) is 3.01. The quantitative estimate of drug-likeness (QED) is 0.545. The Hall–Kier alpha value is -0.240. The lowest BCUT2D eigenvalue weighted by atomic mass is 10.00. The van der Waals surface area contributed by atoms with E-state index < -0.39 is 0 Å². The monoisotopic (exact) mass is 301 g/mol. The highest BCUT2D eigenvalue weighted by Crippen LogP contribution is 2.31. The number of rotatable bonds is 9. The minimum atomic E-state index is -0.0446. The molecular weight excluding hydrogens is 277 g/mol. The van der Waals surface area contributed by atoms with Crippen LogP contribution in [-0.4, -0.2) is 0 Å². The second kappa shape index (κ2) is 9.63. The van der Waals surface area contributed by atoms with Gasteiger partial charge in [0.25, 0.3) is 0 Å². The lowest BCUT2D eigenvalue weighted by Crippen LogP contribution is -2.11. The molecule has 0 radical (unpaired) electrons. The van der Waals surface area contributed by atoms with Gasteiger partial charge in [-0.05, 0) is 18.6 Å². The van der Waals surface area contributed by atoms with E-state index in [2.05, 4.69) is 6.92 Å². The van der Waals surface area contributed by atoms with Crippen molar-refractivity contribution in [3.05, 3.63) is 33.8 Å². The summed E-state index contributed by atoms with van der Waals surface area (Å²) in [6.45, 7) is 2.24. The molecule has 1 rings (SSSR count). The van der Waals surface area contributed by atoms with Gasteiger partial charge in [0.2, 0.25) is 0 Å². The SMILES string of the molecule is CCCCCCCCCC(N)c1c(Cl)cccc1Cl. The first-order valence-corrected chi connectivity index (χ1v) is 8.12. The van der Waals surface area contributed by atoms with Crippen molar-refractivity contribution >= 4 is 23.2 Å². The molecule has 108 valence electrons. The van der Waals surface area contributed by atoms with Gasteiger partial charge in [-0.2, -0.15) is 0 Å². The van der Waals surface area contributed by atoms with E-state index in [0.717, 1.165) is 18.4 Å². The molecule has 0 aliphatic rings. The van der Waals surface area contributed by atoms with Crippen LogP contribution in [0.5, 0.6) is 0 Å². The molecule has 1 aromatic carbocycles. The van der Waals surface area contributed by atoms with Crippen LogP contribution >= 0.6 is 23.2 Å². The second-order valence-electron chi connectivity index (χ2n) is 5.15. The number of nitrogens with two attached hydrogens (primary N) is 1. The lowest BCUT2D eigenvalue weighted by molar-refractivity contribution is 0.541. The maximum Gasteiger partial charge on any atom is 0.0468 e. The molecular formula is C16H25Cl2N. The van der Waals surface area contributed by atoms with E-state index in [1.807, 2.05) is 18.2 Å². The molecule has 3 heteroatoms. The molecule has 0 saturated carbocycles. The first-order valence-electron chi connectivity index (χ1n) is 7.36. The van der Waals surface area contributed by atoms with E-state index >= 15 is 0 Å². The fourth-order valence-electron chi connectivity index (χ4n) is 2.33. The van der Waals surface area contributed by atoms with Crippen LogP contribution in [0.2, 0.25) is 10.0 Å². The zero-order valence-corrected chi connectivity index (χ0v) is 13.3. The molecule has 0 aliphatic heterocycles. The summed E-state index contributed by atoms with van der Waals surface area (Å²) in [7, 11) is 0. The van der Waals surface area contributed by atoms with Gasteiger partial charge in [-0.1, -0.05) is 81.1 Å². The van der Waals surface area contributed by atoms with Gasteiger partial charge in [0.1, 0.15) is 0 Å². The van der Waals surface area contributed by atoms with Crippen LogP contribution in [-0.2, 0) is 0 Å². The van der Waals surface area contributed by atoms with E-state index in [9.17, 15) is 0 Å². The van der Waals surface area contributed by atoms with Crippen LogP contribution in [0.15, 0.2) is 18.2 Å². The fraction of sp³-hybridized carbons (Fsp3) is 0.625. The van der Waals surface area contributed by atoms with Crippen LogP contribution in [0.3, 0.4) is 0 Å². The van der Waals surface area contributed by atoms with E-state index in [1.54, 1.807) is 0 Å². The Morgan fingerprint density at radius 2 is 1.47 bits per heavy atom. The largest absolute Gasteiger partial charge is 0.324 e. The standard InChI is InChI=1S/C16H25Cl2N/c1-2-3-4-5-6-7-8-12-15(19)16-13(17)10-9-11-14(16)18/h9-11,15H,2-8,12,19H2,1H3. The van der Waals surface area contributed by atoms with Gasteiger partial charge in [0, 0.05) is 21.7 Å². The third kappa shape index (κ3) is 6.16. The first kappa shape index (κ1) is 16.8. The van der Waals surface area contributed by atoms with Crippen molar-refractivity contribution in [1.29, 1.82) is 0 Å². The van der Waals surface area contributed by atoms with Crippen LogP contribution in [0.25, 0.3) is 0 Å². The summed E-state index contributed by atoms with van der Waals surface area (Å²) in [5.41, 5.74) is 7.09. The summed E-state index contributed by atoms with van der Waals surface area (Å²) in [6.07, 6.45) is 10.0. The van der Waals surface area contributed by atoms with E-state index in [4.69, 9.17) is 28.9 Å². The van der Waals surface area contributed by atoms with Gasteiger partial charge >= 0.3 is 0 Å². The van der Waals surface area contributed by atoms with Crippen molar-refractivity contribution in [3.8, 4) is 0 Å². The van der Waals surface area contributed by atoms with Gasteiger partial charge in [0.15, 0.2) is 0 Å². The second-order valence-corrected chi connectivity index (χ2v) is 5.97. The molecule has 1 unspecified atom stereocenters. The minimum Gasteiger partial charge on any atom is -0.324 e. The molecule has 0 amide bonds. The summed E-state index contributed by atoms with van der Waals surface area (Å²) >= 11 is 12.3. The number of hydrogen-bond acceptors (Lipinski definition) is 1. The smallest absolute Gasteiger partial charge is 0.0468 e. The first-order chi connectivity index (χ1) is 9.16. The summed E-state index contributed by atoms with van der Waals surface area (Å²) < 4.78 is 0. The Morgan fingerprint density at radius 3 is 2.05 bits per heavy atom. The van der Waals surface area contributed by atoms with Crippen molar-refractivity contribution in [2.75, 3.05) is 0 Å². The molecule has 2 N–H and O–H groups in total. The summed E-state index contributed by atoms with van der Waals surface area (Å²) in [5.74, 6) is 0. The highest BCUT2D eigenvalue weighted by atomic mass is 35.5. The van der Waals surface area contributed by atoms with E-state index in [0.29, 0.717) is 10.0 Å². The Morgan fingerprint density at radius 1 is 0.947 bits per heavy atom. The molecule has 0 saturated heterocycles. The summed E-state index contributed by atoms with van der Waals surface area (Å²) in [4.78, 5) is 0. The van der Waals surface area contributed by atoms with Crippen LogP contribution in [0.1, 0.15) is 69.9 Å². The molecule has 0 heterocycles. The van der Waals surface area contributed by atoms with Crippen LogP contribution < -0.4 is 5.73 Å². The van der Waals surface area contributed by atoms with Gasteiger partial charge in [-0.25, -0.2) is 0 Å². The average Bonchev–Trinajstić information content (AvgIpc) is 2.37. The lowest BCUT2D eigenvalue weighted by Gasteiger charge is -2.15. The Balaban J connectivity index is 2.26. The highest BCUT2D eigenvalue weighted by molar-refractivity contribution is 6.36. The number of benzene rings is 1. The van der Waals surface area contributed by atoms with Gasteiger partial charge < -0.3 is 5.73 Å². The topological polar surface area (TPSA) is 26.0 Å². The van der Waals surface area contributed by atoms with Crippen molar-refractivity contribution in [2.24, 2.45) is 5.73 Å². The predicted molar refractivity (Wildman–Crippen MR) is 86.0 cm³/mol. The molecule has 1 aromatic rings. The Kier molecular flexibility index (Phi) is 8.52. The third-order valence-electron chi connectivity index (χ3n) is 3.49. The average molecular weight is 302 g/mol. The van der Waals surface area contributed by atoms with Crippen molar-refractivity contribution in [1.82, 2.24) is 0 Å². The summed E-state index contributed by atoms with van der Waals surface area (Å²) in [6, 6.07) is 5.52. The number of halogens is 2. The zero-order valence-electron chi connectivity index (χ0n) is 11.8. The van der Waals surface area contributed by atoms with Crippen LogP contribution in [0.4, 0.5) is 0 Å². The normalized spacial score (nSPS) is 12.6. The Bertz CT molecular complexity index is 346. The Labute approximate surface area is 127 Å². The summed E-state index contributed by atoms with van der Waals surface area (Å²) in [5, 5.41) is 1.37. The predicted octanol–water partition coefficient (Wildman–Crippen LogP) is 6.13. The number of hydrogen-bond donors (Lipinski definition) is 1. The molecule has 0 bridgehead atoms. The van der Waals surface area contributed by atoms with Crippen LogP contribution in [0, 0.1) is 0 Å². The van der Waals surface area contributed by atoms with Gasteiger partial charge in [0.05, 0.1) is 0 Å². The third-order valence-corrected chi connectivity index (χ3v) is 4.15. The van der Waals surface area contributed by atoms with Gasteiger partial charge in [-0.3, -0.25) is 0 Å². The van der Waals surface area contributed by atoms with Crippen molar-refractivity contribution in [2.45, 2.75) is 64.3 Å². The minimum absolute atomic E-state index is 0.0446. The molecule has 1 atom stereocenters. The van der Waals surface area contributed by atoms with Crippen molar-refractivity contribution in [3.63, 3.8) is 0 Å². The molecule has 0 aromatic heterocycles. The number of unbranched alkanes of at least 4 members (excludes halogenated alkanes) is 6. The molecule has 1 nitrogen and oxygen atoms in total. The van der Waals surface area contributed by atoms with E-state index in [1.165, 1.54) is 38.5 Å². The molecule has 0 spiro atoms. The molecule has 19 heavy (non-hydrogen) atoms. The molecule has 0 fully saturated rings. The van der Waals surface area contributed by atoms with Gasteiger partial charge in [-0.15, -0.1) is 0 Å². The maximum absolute atomic E-state index is 6.19. The molecule has 0 aliphatic carbocycles.